The van der Waals surface area contributed by atoms with Gasteiger partial charge in [-0.05, 0) is 0 Å². The van der Waals surface area contributed by atoms with Gasteiger partial charge in [0.25, 0.3) is 0 Å². The number of likely N-dealkylation sites (tertiary alicyclic amines) is 1. The van der Waals surface area contributed by atoms with Crippen LogP contribution in [0, 0.1) is 0 Å². The molecule has 1 amide bonds. The van der Waals surface area contributed by atoms with Gasteiger partial charge in [-0.1, -0.05) is 0 Å². The molecule has 1 fully saturated rings. The maximum absolute atomic E-state index is 12.8. The Labute approximate surface area is 213 Å². The first-order chi connectivity index (χ1) is 14.8. The SMILES string of the molecule is NC(C(=O)CC(=O)N1CCCCC1)=C(Br)C(=Nc1ccc(Cl)cc1Cl)c1ccc(Br)[se]1. The van der Waals surface area contributed by atoms with E-state index in [2.05, 4.69) is 36.9 Å². The van der Waals surface area contributed by atoms with E-state index in [0.29, 0.717) is 39.0 Å². The first-order valence-electron chi connectivity index (χ1n) is 9.52. The van der Waals surface area contributed by atoms with Crippen molar-refractivity contribution >= 4 is 92.7 Å². The standard InChI is InChI=1S/C21H19Br2Cl2N3O2Se/c22-17-7-6-16(31-17)21(27-14-5-4-12(24)10-13(14)25)19(23)20(26)15(29)11-18(30)28-8-2-1-3-9-28/h4-7,10H,1-3,8-9,11,26H2. The van der Waals surface area contributed by atoms with Crippen LogP contribution in [-0.2, 0) is 9.59 Å². The van der Waals surface area contributed by atoms with E-state index >= 15 is 0 Å². The van der Waals surface area contributed by atoms with Gasteiger partial charge < -0.3 is 0 Å². The van der Waals surface area contributed by atoms with Gasteiger partial charge in [0.05, 0.1) is 0 Å². The Hall–Kier alpha value is -0.891. The van der Waals surface area contributed by atoms with Crippen LogP contribution in [0.1, 0.15) is 30.1 Å². The first kappa shape index (κ1) is 24.7. The molecule has 1 aliphatic heterocycles. The van der Waals surface area contributed by atoms with Gasteiger partial charge in [-0.3, -0.25) is 0 Å². The topological polar surface area (TPSA) is 75.8 Å². The second kappa shape index (κ2) is 11.3. The van der Waals surface area contributed by atoms with Crippen molar-refractivity contribution < 1.29 is 9.59 Å². The third kappa shape index (κ3) is 6.56. The normalized spacial score (nSPS) is 15.6. The number of piperidine rings is 1. The fourth-order valence-electron chi connectivity index (χ4n) is 3.08. The summed E-state index contributed by atoms with van der Waals surface area (Å²) in [6.07, 6.45) is 2.78. The minimum absolute atomic E-state index is 0.0334. The predicted octanol–water partition coefficient (Wildman–Crippen LogP) is 5.47. The molecule has 0 unspecified atom stereocenters. The van der Waals surface area contributed by atoms with Crippen molar-refractivity contribution in [1.29, 1.82) is 0 Å². The summed E-state index contributed by atoms with van der Waals surface area (Å²) < 4.78 is 2.30. The molecule has 2 heterocycles. The Morgan fingerprint density at radius 3 is 2.45 bits per heavy atom. The number of nitrogens with zero attached hydrogens (tertiary/aromatic N) is 2. The van der Waals surface area contributed by atoms with E-state index in [0.717, 1.165) is 27.0 Å². The van der Waals surface area contributed by atoms with Gasteiger partial charge in [0.1, 0.15) is 0 Å². The number of nitrogens with two attached hydrogens (primary N) is 1. The van der Waals surface area contributed by atoms with Crippen LogP contribution in [0.3, 0.4) is 0 Å². The van der Waals surface area contributed by atoms with E-state index in [4.69, 9.17) is 28.9 Å². The zero-order valence-electron chi connectivity index (χ0n) is 16.3. The summed E-state index contributed by atoms with van der Waals surface area (Å²) in [4.78, 5) is 31.7. The molecule has 1 aromatic heterocycles. The molecule has 0 spiro atoms. The first-order valence-corrected chi connectivity index (χ1v) is 13.6. The molecule has 0 aliphatic carbocycles. The molecular weight excluding hydrogens is 636 g/mol. The molecule has 10 heteroatoms. The third-order valence-electron chi connectivity index (χ3n) is 4.71. The summed E-state index contributed by atoms with van der Waals surface area (Å²) in [5, 5.41) is 0.883. The Balaban J connectivity index is 1.93. The summed E-state index contributed by atoms with van der Waals surface area (Å²) in [6.45, 7) is 1.38. The second-order valence-electron chi connectivity index (χ2n) is 6.93. The molecule has 3 rings (SSSR count). The quantitative estimate of drug-likeness (QED) is 0.194. The number of hydrogen-bond acceptors (Lipinski definition) is 4. The van der Waals surface area contributed by atoms with E-state index in [-0.39, 0.29) is 32.5 Å². The van der Waals surface area contributed by atoms with Gasteiger partial charge in [0.15, 0.2) is 0 Å². The number of amides is 1. The number of benzene rings is 1. The summed E-state index contributed by atoms with van der Waals surface area (Å²) >= 11 is 19.2. The molecule has 31 heavy (non-hydrogen) atoms. The van der Waals surface area contributed by atoms with Gasteiger partial charge in [-0.2, -0.15) is 0 Å². The average molecular weight is 655 g/mol. The van der Waals surface area contributed by atoms with Gasteiger partial charge in [0.2, 0.25) is 0 Å². The number of allylic oxidation sites excluding steroid dienone is 2. The van der Waals surface area contributed by atoms with Crippen molar-refractivity contribution in [2.24, 2.45) is 10.7 Å². The molecule has 0 radical (unpaired) electrons. The van der Waals surface area contributed by atoms with Crippen molar-refractivity contribution in [3.8, 4) is 0 Å². The Morgan fingerprint density at radius 1 is 1.13 bits per heavy atom. The van der Waals surface area contributed by atoms with Crippen LogP contribution >= 0.6 is 55.1 Å². The molecule has 164 valence electrons. The number of carbonyl (C=O) groups excluding carboxylic acids is 2. The van der Waals surface area contributed by atoms with Crippen LogP contribution in [0.15, 0.2) is 48.9 Å². The predicted molar refractivity (Wildman–Crippen MR) is 134 cm³/mol. The number of aliphatic imine (C=N–C) groups is 1. The zero-order valence-corrected chi connectivity index (χ0v) is 22.7. The van der Waals surface area contributed by atoms with Crippen LogP contribution in [-0.4, -0.2) is 49.9 Å². The van der Waals surface area contributed by atoms with Crippen LogP contribution < -0.4 is 5.73 Å². The Bertz CT molecular complexity index is 1060. The molecule has 1 aliphatic rings. The van der Waals surface area contributed by atoms with E-state index in [1.165, 1.54) is 0 Å². The van der Waals surface area contributed by atoms with Crippen molar-refractivity contribution in [2.75, 3.05) is 13.1 Å². The molecule has 5 nitrogen and oxygen atoms in total. The maximum atomic E-state index is 12.8. The second-order valence-corrected chi connectivity index (χ2v) is 12.9. The molecular formula is C21H19Br2Cl2N3O2Se. The van der Waals surface area contributed by atoms with Crippen LogP contribution in [0.4, 0.5) is 5.69 Å². The van der Waals surface area contributed by atoms with Crippen molar-refractivity contribution in [3.63, 3.8) is 0 Å². The number of Topliss-reactive ketones (excluding diaryl/α,β-unsaturated/α-hetero) is 1. The minimum atomic E-state index is -0.435. The molecule has 2 aromatic rings. The summed E-state index contributed by atoms with van der Waals surface area (Å²) in [5.41, 5.74) is 7.16. The third-order valence-corrected chi connectivity index (χ3v) is 9.01. The fourth-order valence-corrected chi connectivity index (χ4v) is 6.92. The van der Waals surface area contributed by atoms with E-state index in [1.807, 2.05) is 12.1 Å². The van der Waals surface area contributed by atoms with Gasteiger partial charge in [-0.25, -0.2) is 0 Å². The Morgan fingerprint density at radius 2 is 1.84 bits per heavy atom. The molecule has 2 N–H and O–H groups in total. The molecule has 0 atom stereocenters. The summed E-state index contributed by atoms with van der Waals surface area (Å²) in [5.74, 6) is -0.628. The molecule has 0 bridgehead atoms. The van der Waals surface area contributed by atoms with E-state index in [1.54, 1.807) is 23.1 Å². The molecule has 1 aromatic carbocycles. The van der Waals surface area contributed by atoms with Crippen LogP contribution in [0.25, 0.3) is 0 Å². The summed E-state index contributed by atoms with van der Waals surface area (Å²) in [7, 11) is 0. The van der Waals surface area contributed by atoms with Crippen molar-refractivity contribution in [3.05, 3.63) is 58.3 Å². The van der Waals surface area contributed by atoms with Gasteiger partial charge >= 0.3 is 215 Å². The van der Waals surface area contributed by atoms with Crippen molar-refractivity contribution in [2.45, 2.75) is 25.7 Å². The number of rotatable bonds is 6. The number of ketones is 1. The van der Waals surface area contributed by atoms with Crippen LogP contribution in [0.2, 0.25) is 10.0 Å². The fraction of sp³-hybridized carbons (Fsp3) is 0.286. The van der Waals surface area contributed by atoms with Gasteiger partial charge in [0, 0.05) is 0 Å². The van der Waals surface area contributed by atoms with Crippen LogP contribution in [0.5, 0.6) is 0 Å². The molecule has 1 saturated heterocycles. The number of hydrogen-bond donors (Lipinski definition) is 1. The van der Waals surface area contributed by atoms with Crippen molar-refractivity contribution in [1.82, 2.24) is 4.90 Å². The zero-order chi connectivity index (χ0) is 22.5. The Kier molecular flexibility index (Phi) is 9.02. The summed E-state index contributed by atoms with van der Waals surface area (Å²) in [6, 6.07) is 8.85. The number of carbonyl (C=O) groups is 2. The van der Waals surface area contributed by atoms with Gasteiger partial charge in [-0.15, -0.1) is 0 Å². The monoisotopic (exact) mass is 653 g/mol. The average Bonchev–Trinajstić information content (AvgIpc) is 3.18. The molecule has 0 saturated carbocycles. The van der Waals surface area contributed by atoms with E-state index in [9.17, 15) is 9.59 Å². The van der Waals surface area contributed by atoms with E-state index < -0.39 is 5.78 Å². The number of halogens is 4.